The number of piperazine rings is 1. The van der Waals surface area contributed by atoms with Gasteiger partial charge in [0.2, 0.25) is 5.95 Å². The van der Waals surface area contributed by atoms with Gasteiger partial charge < -0.3 is 24.6 Å². The Morgan fingerprint density at radius 3 is 2.27 bits per heavy atom. The number of hydrogen-bond donors (Lipinski definition) is 1. The standard InChI is InChI=1S/C25H32N6O2/c1-29(2)24-17-23(26-20-8-6-10-22(16-20)33-4)27-25(28-24)31-13-11-30(12-14-31)18-19-7-5-9-21(15-19)32-3/h5-10,15-17H,11-14,18H2,1-4H3,(H,26,27,28). The number of methoxy groups -OCH3 is 2. The van der Waals surface area contributed by atoms with Gasteiger partial charge >= 0.3 is 0 Å². The molecular weight excluding hydrogens is 416 g/mol. The number of ether oxygens (including phenoxy) is 2. The van der Waals surface area contributed by atoms with Crippen LogP contribution in [0.4, 0.5) is 23.3 Å². The van der Waals surface area contributed by atoms with E-state index < -0.39 is 0 Å². The first kappa shape index (κ1) is 22.7. The van der Waals surface area contributed by atoms with Crippen LogP contribution in [0.25, 0.3) is 0 Å². The molecule has 0 amide bonds. The lowest BCUT2D eigenvalue weighted by Gasteiger charge is -2.35. The highest BCUT2D eigenvalue weighted by Crippen LogP contribution is 2.25. The fourth-order valence-corrected chi connectivity index (χ4v) is 3.84. The van der Waals surface area contributed by atoms with Crippen molar-refractivity contribution >= 4 is 23.3 Å². The van der Waals surface area contributed by atoms with Gasteiger partial charge in [-0.05, 0) is 29.8 Å². The van der Waals surface area contributed by atoms with E-state index in [1.165, 1.54) is 5.56 Å². The summed E-state index contributed by atoms with van der Waals surface area (Å²) in [5.41, 5.74) is 2.19. The largest absolute Gasteiger partial charge is 0.497 e. The highest BCUT2D eigenvalue weighted by molar-refractivity contribution is 5.63. The number of benzene rings is 2. The predicted octanol–water partition coefficient (Wildman–Crippen LogP) is 3.63. The van der Waals surface area contributed by atoms with Crippen LogP contribution in [-0.4, -0.2) is 69.4 Å². The molecule has 0 unspecified atom stereocenters. The molecule has 1 aromatic heterocycles. The van der Waals surface area contributed by atoms with E-state index in [1.807, 2.05) is 61.5 Å². The van der Waals surface area contributed by atoms with Crippen molar-refractivity contribution in [3.05, 3.63) is 60.2 Å². The highest BCUT2D eigenvalue weighted by Gasteiger charge is 2.21. The zero-order chi connectivity index (χ0) is 23.2. The van der Waals surface area contributed by atoms with Crippen molar-refractivity contribution in [3.8, 4) is 11.5 Å². The first-order chi connectivity index (χ1) is 16.0. The molecule has 33 heavy (non-hydrogen) atoms. The summed E-state index contributed by atoms with van der Waals surface area (Å²) in [6.07, 6.45) is 0. The van der Waals surface area contributed by atoms with Crippen LogP contribution in [-0.2, 0) is 6.54 Å². The van der Waals surface area contributed by atoms with E-state index in [0.29, 0.717) is 0 Å². The van der Waals surface area contributed by atoms with Gasteiger partial charge in [0.25, 0.3) is 0 Å². The zero-order valence-corrected chi connectivity index (χ0v) is 19.8. The highest BCUT2D eigenvalue weighted by atomic mass is 16.5. The fourth-order valence-electron chi connectivity index (χ4n) is 3.84. The Morgan fingerprint density at radius 1 is 0.879 bits per heavy atom. The van der Waals surface area contributed by atoms with Crippen molar-refractivity contribution in [3.63, 3.8) is 0 Å². The number of rotatable bonds is 8. The van der Waals surface area contributed by atoms with Gasteiger partial charge in [-0.2, -0.15) is 9.97 Å². The molecule has 0 spiro atoms. The number of nitrogens with one attached hydrogen (secondary N) is 1. The predicted molar refractivity (Wildman–Crippen MR) is 133 cm³/mol. The van der Waals surface area contributed by atoms with E-state index in [2.05, 4.69) is 27.2 Å². The van der Waals surface area contributed by atoms with Gasteiger partial charge in [0.15, 0.2) is 0 Å². The van der Waals surface area contributed by atoms with Crippen molar-refractivity contribution < 1.29 is 9.47 Å². The van der Waals surface area contributed by atoms with Crippen molar-refractivity contribution in [2.45, 2.75) is 6.54 Å². The third-order valence-electron chi connectivity index (χ3n) is 5.70. The van der Waals surface area contributed by atoms with Crippen molar-refractivity contribution in [1.82, 2.24) is 14.9 Å². The van der Waals surface area contributed by atoms with Crippen LogP contribution in [0.5, 0.6) is 11.5 Å². The number of nitrogens with zero attached hydrogens (tertiary/aromatic N) is 5. The minimum Gasteiger partial charge on any atom is -0.497 e. The third-order valence-corrected chi connectivity index (χ3v) is 5.70. The van der Waals surface area contributed by atoms with Gasteiger partial charge in [0.05, 0.1) is 14.2 Å². The second kappa shape index (κ2) is 10.4. The monoisotopic (exact) mass is 448 g/mol. The molecule has 1 saturated heterocycles. The van der Waals surface area contributed by atoms with E-state index in [0.717, 1.165) is 67.5 Å². The maximum Gasteiger partial charge on any atom is 0.229 e. The molecule has 0 atom stereocenters. The number of hydrogen-bond acceptors (Lipinski definition) is 8. The van der Waals surface area contributed by atoms with E-state index in [1.54, 1.807) is 14.2 Å². The number of anilines is 4. The van der Waals surface area contributed by atoms with Crippen LogP contribution in [0.3, 0.4) is 0 Å². The van der Waals surface area contributed by atoms with Gasteiger partial charge in [-0.3, -0.25) is 4.90 Å². The zero-order valence-electron chi connectivity index (χ0n) is 19.8. The molecule has 1 aliphatic heterocycles. The van der Waals surface area contributed by atoms with Gasteiger partial charge in [-0.1, -0.05) is 18.2 Å². The summed E-state index contributed by atoms with van der Waals surface area (Å²) in [7, 11) is 7.36. The smallest absolute Gasteiger partial charge is 0.229 e. The van der Waals surface area contributed by atoms with Crippen LogP contribution in [0, 0.1) is 0 Å². The molecule has 8 nitrogen and oxygen atoms in total. The topological polar surface area (TPSA) is 66.0 Å². The minimum atomic E-state index is 0.743. The Labute approximate surface area is 195 Å². The molecule has 1 aliphatic rings. The summed E-state index contributed by atoms with van der Waals surface area (Å²) in [4.78, 5) is 16.3. The van der Waals surface area contributed by atoms with Gasteiger partial charge in [-0.15, -0.1) is 0 Å². The van der Waals surface area contributed by atoms with E-state index in [4.69, 9.17) is 19.4 Å². The summed E-state index contributed by atoms with van der Waals surface area (Å²) < 4.78 is 10.7. The second-order valence-electron chi connectivity index (χ2n) is 8.28. The van der Waals surface area contributed by atoms with Crippen molar-refractivity contribution in [2.75, 3.05) is 69.6 Å². The molecule has 0 saturated carbocycles. The number of aromatic nitrogens is 2. The lowest BCUT2D eigenvalue weighted by atomic mass is 10.2. The van der Waals surface area contributed by atoms with Crippen LogP contribution in [0.15, 0.2) is 54.6 Å². The van der Waals surface area contributed by atoms with Crippen LogP contribution in [0.1, 0.15) is 5.56 Å². The molecule has 1 fully saturated rings. The Morgan fingerprint density at radius 2 is 1.58 bits per heavy atom. The summed E-state index contributed by atoms with van der Waals surface area (Å²) in [5.74, 6) is 4.07. The van der Waals surface area contributed by atoms with Crippen molar-refractivity contribution in [1.29, 1.82) is 0 Å². The van der Waals surface area contributed by atoms with Gasteiger partial charge in [0, 0.05) is 64.6 Å². The molecule has 0 radical (unpaired) electrons. The molecule has 2 heterocycles. The minimum absolute atomic E-state index is 0.743. The maximum atomic E-state index is 5.36. The van der Waals surface area contributed by atoms with Crippen molar-refractivity contribution in [2.24, 2.45) is 0 Å². The quantitative estimate of drug-likeness (QED) is 0.561. The fraction of sp³-hybridized carbons (Fsp3) is 0.360. The van der Waals surface area contributed by atoms with E-state index in [-0.39, 0.29) is 0 Å². The van der Waals surface area contributed by atoms with Crippen LogP contribution < -0.4 is 24.6 Å². The maximum absolute atomic E-state index is 5.36. The summed E-state index contributed by atoms with van der Waals surface area (Å²) >= 11 is 0. The molecule has 174 valence electrons. The summed E-state index contributed by atoms with van der Waals surface area (Å²) in [5, 5.41) is 3.40. The molecule has 0 bridgehead atoms. The van der Waals surface area contributed by atoms with Gasteiger partial charge in [-0.25, -0.2) is 0 Å². The SMILES string of the molecule is COc1cccc(CN2CCN(c3nc(Nc4cccc(OC)c4)cc(N(C)C)n3)CC2)c1. The molecule has 0 aliphatic carbocycles. The Kier molecular flexibility index (Phi) is 7.14. The first-order valence-corrected chi connectivity index (χ1v) is 11.1. The average Bonchev–Trinajstić information content (AvgIpc) is 2.84. The van der Waals surface area contributed by atoms with Crippen LogP contribution in [0.2, 0.25) is 0 Å². The molecular formula is C25H32N6O2. The molecule has 1 N–H and O–H groups in total. The van der Waals surface area contributed by atoms with E-state index >= 15 is 0 Å². The summed E-state index contributed by atoms with van der Waals surface area (Å²) in [6, 6.07) is 18.1. The first-order valence-electron chi connectivity index (χ1n) is 11.1. The molecule has 8 heteroatoms. The van der Waals surface area contributed by atoms with Gasteiger partial charge in [0.1, 0.15) is 23.1 Å². The van der Waals surface area contributed by atoms with Crippen LogP contribution >= 0.6 is 0 Å². The molecule has 2 aromatic carbocycles. The second-order valence-corrected chi connectivity index (χ2v) is 8.28. The average molecular weight is 449 g/mol. The molecule has 4 rings (SSSR count). The summed E-state index contributed by atoms with van der Waals surface area (Å²) in [6.45, 7) is 4.56. The van der Waals surface area contributed by atoms with E-state index in [9.17, 15) is 0 Å². The normalized spacial score (nSPS) is 14.1. The Balaban J connectivity index is 1.45. The Hall–Kier alpha value is -3.52. The lowest BCUT2D eigenvalue weighted by Crippen LogP contribution is -2.46. The lowest BCUT2D eigenvalue weighted by molar-refractivity contribution is 0.248. The molecule has 3 aromatic rings. The Bertz CT molecular complexity index is 1070. The third kappa shape index (κ3) is 5.84.